The molecule has 0 spiro atoms. The molecule has 0 heterocycles. The SMILES string of the molecule is CC(C)(C)OC(=O)NCCC[C@@H](CNC(=O)[C@H](CNC(=O)OCc1ccccc1)N(C(=O)O)C(C)(C)C)NC(=O)OC(C)(C)C. The van der Waals surface area contributed by atoms with E-state index in [-0.39, 0.29) is 26.2 Å². The number of ether oxygens (including phenoxy) is 3. The predicted molar refractivity (Wildman–Crippen MR) is 168 cm³/mol. The largest absolute Gasteiger partial charge is 0.465 e. The average molecular weight is 638 g/mol. The van der Waals surface area contributed by atoms with Crippen LogP contribution in [0.2, 0.25) is 0 Å². The smallest absolute Gasteiger partial charge is 0.408 e. The van der Waals surface area contributed by atoms with Crippen molar-refractivity contribution < 1.29 is 43.3 Å². The molecule has 14 heteroatoms. The molecule has 1 aromatic carbocycles. The standard InChI is InChI=1S/C31H51N5O9/c1-29(2,3)36(28(41)42)23(19-34-25(38)43-20-21-14-11-10-12-15-21)24(37)33-18-22(35-27(40)45-31(7,8)9)16-13-17-32-26(39)44-30(4,5)6/h10-12,14-15,22-23H,13,16-20H2,1-9H3,(H,32,39)(H,33,37)(H,34,38)(H,35,40)(H,41,42)/t22-,23-/m0/s1. The minimum absolute atomic E-state index is 0.00769. The van der Waals surface area contributed by atoms with Crippen LogP contribution in [-0.4, -0.2) is 88.7 Å². The zero-order valence-corrected chi connectivity index (χ0v) is 27.9. The summed E-state index contributed by atoms with van der Waals surface area (Å²) >= 11 is 0. The molecule has 2 atom stereocenters. The molecule has 0 radical (unpaired) electrons. The lowest BCUT2D eigenvalue weighted by molar-refractivity contribution is -0.127. The van der Waals surface area contributed by atoms with Crippen LogP contribution in [0.25, 0.3) is 0 Å². The third kappa shape index (κ3) is 17.0. The molecule has 1 rings (SSSR count). The maximum atomic E-state index is 13.5. The molecular formula is C31H51N5O9. The number of hydrogen-bond acceptors (Lipinski definition) is 8. The van der Waals surface area contributed by atoms with E-state index in [1.54, 1.807) is 86.6 Å². The number of benzene rings is 1. The van der Waals surface area contributed by atoms with Crippen molar-refractivity contribution in [3.05, 3.63) is 35.9 Å². The van der Waals surface area contributed by atoms with E-state index in [2.05, 4.69) is 21.3 Å². The quantitative estimate of drug-likeness (QED) is 0.155. The van der Waals surface area contributed by atoms with Crippen molar-refractivity contribution in [1.29, 1.82) is 0 Å². The Morgan fingerprint density at radius 1 is 0.778 bits per heavy atom. The van der Waals surface area contributed by atoms with Gasteiger partial charge in [-0.2, -0.15) is 0 Å². The van der Waals surface area contributed by atoms with Gasteiger partial charge in [-0.3, -0.25) is 9.69 Å². The third-order valence-corrected chi connectivity index (χ3v) is 5.84. The average Bonchev–Trinajstić information content (AvgIpc) is 2.87. The van der Waals surface area contributed by atoms with Crippen LogP contribution in [0.3, 0.4) is 0 Å². The Bertz CT molecular complexity index is 1120. The van der Waals surface area contributed by atoms with Crippen molar-refractivity contribution >= 4 is 30.3 Å². The summed E-state index contributed by atoms with van der Waals surface area (Å²) in [4.78, 5) is 63.6. The van der Waals surface area contributed by atoms with Crippen molar-refractivity contribution in [3.63, 3.8) is 0 Å². The highest BCUT2D eigenvalue weighted by molar-refractivity contribution is 5.86. The van der Waals surface area contributed by atoms with Gasteiger partial charge in [-0.25, -0.2) is 19.2 Å². The summed E-state index contributed by atoms with van der Waals surface area (Å²) in [6, 6.07) is 7.02. The van der Waals surface area contributed by atoms with Crippen LogP contribution in [0, 0.1) is 0 Å². The zero-order valence-electron chi connectivity index (χ0n) is 27.9. The van der Waals surface area contributed by atoms with Crippen molar-refractivity contribution in [3.8, 4) is 0 Å². The second kappa shape index (κ2) is 17.3. The summed E-state index contributed by atoms with van der Waals surface area (Å²) in [6.45, 7) is 15.0. The number of nitrogens with one attached hydrogen (secondary N) is 4. The van der Waals surface area contributed by atoms with Crippen LogP contribution in [0.4, 0.5) is 19.2 Å². The maximum absolute atomic E-state index is 13.5. The number of carbonyl (C=O) groups excluding carboxylic acids is 4. The van der Waals surface area contributed by atoms with Gasteiger partial charge in [0.1, 0.15) is 23.9 Å². The van der Waals surface area contributed by atoms with Crippen molar-refractivity contribution in [1.82, 2.24) is 26.2 Å². The van der Waals surface area contributed by atoms with Gasteiger partial charge in [-0.05, 0) is 80.7 Å². The second-order valence-corrected chi connectivity index (χ2v) is 13.4. The molecule has 0 aliphatic heterocycles. The number of nitrogens with zero attached hydrogens (tertiary/aromatic N) is 1. The van der Waals surface area contributed by atoms with Crippen LogP contribution >= 0.6 is 0 Å². The Balaban J connectivity index is 2.97. The molecule has 45 heavy (non-hydrogen) atoms. The third-order valence-electron chi connectivity index (χ3n) is 5.84. The molecular weight excluding hydrogens is 586 g/mol. The summed E-state index contributed by atoms with van der Waals surface area (Å²) < 4.78 is 15.8. The molecule has 254 valence electrons. The van der Waals surface area contributed by atoms with Crippen LogP contribution in [-0.2, 0) is 25.6 Å². The first-order chi connectivity index (χ1) is 20.7. The molecule has 14 nitrogen and oxygen atoms in total. The summed E-state index contributed by atoms with van der Waals surface area (Å²) in [5.74, 6) is -0.696. The van der Waals surface area contributed by atoms with Crippen LogP contribution in [0.5, 0.6) is 0 Å². The van der Waals surface area contributed by atoms with Gasteiger partial charge in [0.15, 0.2) is 0 Å². The highest BCUT2D eigenvalue weighted by atomic mass is 16.6. The van der Waals surface area contributed by atoms with Crippen LogP contribution in [0.1, 0.15) is 80.7 Å². The van der Waals surface area contributed by atoms with Crippen molar-refractivity contribution in [2.24, 2.45) is 0 Å². The van der Waals surface area contributed by atoms with E-state index in [1.165, 1.54) is 0 Å². The molecule has 5 amide bonds. The Morgan fingerprint density at radius 3 is 1.89 bits per heavy atom. The van der Waals surface area contributed by atoms with Gasteiger partial charge < -0.3 is 40.6 Å². The minimum atomic E-state index is -1.36. The highest BCUT2D eigenvalue weighted by Crippen LogP contribution is 2.18. The summed E-state index contributed by atoms with van der Waals surface area (Å²) in [5, 5.41) is 20.5. The fourth-order valence-corrected chi connectivity index (χ4v) is 4.04. The molecule has 0 bridgehead atoms. The fourth-order valence-electron chi connectivity index (χ4n) is 4.04. The lowest BCUT2D eigenvalue weighted by atomic mass is 10.0. The molecule has 0 unspecified atom stereocenters. The van der Waals surface area contributed by atoms with E-state index in [0.29, 0.717) is 12.8 Å². The summed E-state index contributed by atoms with van der Waals surface area (Å²) in [7, 11) is 0. The van der Waals surface area contributed by atoms with Gasteiger partial charge in [0, 0.05) is 24.7 Å². The molecule has 0 fully saturated rings. The topological polar surface area (TPSA) is 185 Å². The molecule has 0 aliphatic rings. The zero-order chi connectivity index (χ0) is 34.4. The molecule has 5 N–H and O–H groups in total. The van der Waals surface area contributed by atoms with E-state index in [4.69, 9.17) is 14.2 Å². The van der Waals surface area contributed by atoms with Crippen LogP contribution < -0.4 is 21.3 Å². The van der Waals surface area contributed by atoms with E-state index < -0.39 is 59.1 Å². The number of alkyl carbamates (subject to hydrolysis) is 3. The Kier molecular flexibility index (Phi) is 14.9. The van der Waals surface area contributed by atoms with Gasteiger partial charge >= 0.3 is 24.4 Å². The van der Waals surface area contributed by atoms with Gasteiger partial charge in [0.25, 0.3) is 0 Å². The number of hydrogen-bond donors (Lipinski definition) is 5. The predicted octanol–water partition coefficient (Wildman–Crippen LogP) is 4.37. The Morgan fingerprint density at radius 2 is 1.36 bits per heavy atom. The van der Waals surface area contributed by atoms with Crippen molar-refractivity contribution in [2.75, 3.05) is 19.6 Å². The maximum Gasteiger partial charge on any atom is 0.408 e. The molecule has 0 saturated heterocycles. The Labute approximate surface area is 265 Å². The first kappa shape index (κ1) is 38.8. The normalized spacial score (nSPS) is 13.0. The second-order valence-electron chi connectivity index (χ2n) is 13.4. The number of carbonyl (C=O) groups is 5. The lowest BCUT2D eigenvalue weighted by Crippen LogP contribution is -2.61. The monoisotopic (exact) mass is 637 g/mol. The summed E-state index contributed by atoms with van der Waals surface area (Å²) in [5.41, 5.74) is -1.67. The van der Waals surface area contributed by atoms with E-state index >= 15 is 0 Å². The number of carboxylic acid groups (broad SMARTS) is 1. The Hall–Kier alpha value is -4.23. The molecule has 1 aromatic rings. The van der Waals surface area contributed by atoms with Gasteiger partial charge in [0.2, 0.25) is 5.91 Å². The van der Waals surface area contributed by atoms with Crippen LogP contribution in [0.15, 0.2) is 30.3 Å². The van der Waals surface area contributed by atoms with Crippen molar-refractivity contribution in [2.45, 2.75) is 111 Å². The summed E-state index contributed by atoms with van der Waals surface area (Å²) in [6.07, 6.45) is -2.73. The van der Waals surface area contributed by atoms with Gasteiger partial charge in [-0.1, -0.05) is 30.3 Å². The first-order valence-electron chi connectivity index (χ1n) is 14.9. The molecule has 0 aromatic heterocycles. The van der Waals surface area contributed by atoms with Gasteiger partial charge in [-0.15, -0.1) is 0 Å². The number of rotatable bonds is 13. The molecule has 0 saturated carbocycles. The lowest BCUT2D eigenvalue weighted by Gasteiger charge is -2.38. The van der Waals surface area contributed by atoms with Gasteiger partial charge in [0.05, 0.1) is 6.54 Å². The fraction of sp³-hybridized carbons (Fsp3) is 0.645. The minimum Gasteiger partial charge on any atom is -0.465 e. The molecule has 0 aliphatic carbocycles. The first-order valence-corrected chi connectivity index (χ1v) is 14.9. The highest BCUT2D eigenvalue weighted by Gasteiger charge is 2.38. The van der Waals surface area contributed by atoms with E-state index in [0.717, 1.165) is 10.5 Å². The number of amides is 5. The van der Waals surface area contributed by atoms with E-state index in [1.807, 2.05) is 6.07 Å². The van der Waals surface area contributed by atoms with E-state index in [9.17, 15) is 29.1 Å².